The monoisotopic (exact) mass is 328 g/mol. The van der Waals surface area contributed by atoms with E-state index in [-0.39, 0.29) is 18.3 Å². The summed E-state index contributed by atoms with van der Waals surface area (Å²) in [6.45, 7) is 9.10. The molecule has 0 saturated carbocycles. The lowest BCUT2D eigenvalue weighted by atomic mass is 9.96. The van der Waals surface area contributed by atoms with Crippen LogP contribution >= 0.6 is 12.4 Å². The molecular weight excluding hydrogens is 300 g/mol. The molecule has 1 atom stereocenters. The van der Waals surface area contributed by atoms with Gasteiger partial charge in [-0.3, -0.25) is 4.79 Å². The zero-order valence-electron chi connectivity index (χ0n) is 14.0. The van der Waals surface area contributed by atoms with Crippen molar-refractivity contribution in [2.75, 3.05) is 6.61 Å². The molecule has 5 heteroatoms. The first-order valence-electron chi connectivity index (χ1n) is 7.64. The van der Waals surface area contributed by atoms with Gasteiger partial charge in [-0.05, 0) is 25.3 Å². The van der Waals surface area contributed by atoms with Gasteiger partial charge in [-0.2, -0.15) is 0 Å². The zero-order chi connectivity index (χ0) is 15.9. The first-order chi connectivity index (χ1) is 9.86. The van der Waals surface area contributed by atoms with Crippen LogP contribution in [-0.4, -0.2) is 18.1 Å². The summed E-state index contributed by atoms with van der Waals surface area (Å²) in [5.41, 5.74) is 6.18. The Morgan fingerprint density at radius 3 is 2.59 bits per heavy atom. The van der Waals surface area contributed by atoms with Crippen molar-refractivity contribution < 1.29 is 9.53 Å². The SMILES string of the molecule is CCCC(C)(N)C(=O)NCc1ccccc1OCC(C)C.Cl. The Bertz CT molecular complexity index is 462. The fourth-order valence-electron chi connectivity index (χ4n) is 2.06. The summed E-state index contributed by atoms with van der Waals surface area (Å²) in [4.78, 5) is 12.1. The summed E-state index contributed by atoms with van der Waals surface area (Å²) in [6, 6.07) is 7.77. The van der Waals surface area contributed by atoms with Gasteiger partial charge in [-0.15, -0.1) is 12.4 Å². The van der Waals surface area contributed by atoms with E-state index in [2.05, 4.69) is 19.2 Å². The quantitative estimate of drug-likeness (QED) is 0.769. The van der Waals surface area contributed by atoms with Crippen molar-refractivity contribution in [2.24, 2.45) is 11.7 Å². The molecule has 0 radical (unpaired) electrons. The largest absolute Gasteiger partial charge is 0.493 e. The van der Waals surface area contributed by atoms with Gasteiger partial charge in [0.2, 0.25) is 5.91 Å². The molecule has 3 N–H and O–H groups in total. The van der Waals surface area contributed by atoms with Crippen LogP contribution in [0.25, 0.3) is 0 Å². The Balaban J connectivity index is 0.00000441. The number of carbonyl (C=O) groups is 1. The smallest absolute Gasteiger partial charge is 0.240 e. The van der Waals surface area contributed by atoms with E-state index in [1.54, 1.807) is 6.92 Å². The molecule has 1 rings (SSSR count). The molecule has 0 aliphatic heterocycles. The van der Waals surface area contributed by atoms with Gasteiger partial charge < -0.3 is 15.8 Å². The summed E-state index contributed by atoms with van der Waals surface area (Å²) in [6.07, 6.45) is 1.55. The molecule has 22 heavy (non-hydrogen) atoms. The topological polar surface area (TPSA) is 64.4 Å². The van der Waals surface area contributed by atoms with E-state index in [4.69, 9.17) is 10.5 Å². The number of nitrogens with two attached hydrogens (primary N) is 1. The molecule has 1 aromatic rings. The number of benzene rings is 1. The zero-order valence-corrected chi connectivity index (χ0v) is 14.8. The van der Waals surface area contributed by atoms with E-state index in [0.29, 0.717) is 25.5 Å². The van der Waals surface area contributed by atoms with Crippen molar-refractivity contribution in [3.8, 4) is 5.75 Å². The second-order valence-corrected chi connectivity index (χ2v) is 6.16. The molecule has 0 bridgehead atoms. The minimum Gasteiger partial charge on any atom is -0.493 e. The Kier molecular flexibility index (Phi) is 9.14. The van der Waals surface area contributed by atoms with Crippen LogP contribution in [0.3, 0.4) is 0 Å². The molecule has 0 fully saturated rings. The van der Waals surface area contributed by atoms with Crippen molar-refractivity contribution in [1.29, 1.82) is 0 Å². The van der Waals surface area contributed by atoms with Gasteiger partial charge in [0.1, 0.15) is 5.75 Å². The molecule has 1 aromatic carbocycles. The first-order valence-corrected chi connectivity index (χ1v) is 7.64. The van der Waals surface area contributed by atoms with Gasteiger partial charge in [0.25, 0.3) is 0 Å². The molecule has 4 nitrogen and oxygen atoms in total. The van der Waals surface area contributed by atoms with E-state index < -0.39 is 5.54 Å². The van der Waals surface area contributed by atoms with E-state index in [9.17, 15) is 4.79 Å². The molecule has 0 heterocycles. The Labute approximate surface area is 140 Å². The summed E-state index contributed by atoms with van der Waals surface area (Å²) in [5.74, 6) is 1.16. The number of nitrogens with one attached hydrogen (secondary N) is 1. The average molecular weight is 329 g/mol. The number of ether oxygens (including phenoxy) is 1. The van der Waals surface area contributed by atoms with Crippen molar-refractivity contribution in [1.82, 2.24) is 5.32 Å². The van der Waals surface area contributed by atoms with Crippen LogP contribution in [0.15, 0.2) is 24.3 Å². The predicted octanol–water partition coefficient (Wildman–Crippen LogP) is 3.28. The molecule has 1 unspecified atom stereocenters. The maximum Gasteiger partial charge on any atom is 0.240 e. The van der Waals surface area contributed by atoms with E-state index in [1.165, 1.54) is 0 Å². The number of carbonyl (C=O) groups excluding carboxylic acids is 1. The van der Waals surface area contributed by atoms with Gasteiger partial charge in [-0.1, -0.05) is 45.4 Å². The molecule has 1 amide bonds. The molecular formula is C17H29ClN2O2. The fraction of sp³-hybridized carbons (Fsp3) is 0.588. The fourth-order valence-corrected chi connectivity index (χ4v) is 2.06. The normalized spacial score (nSPS) is 13.2. The summed E-state index contributed by atoms with van der Waals surface area (Å²) in [7, 11) is 0. The highest BCUT2D eigenvalue weighted by Gasteiger charge is 2.26. The van der Waals surface area contributed by atoms with Gasteiger partial charge in [0, 0.05) is 12.1 Å². The second kappa shape index (κ2) is 9.70. The number of hydrogen-bond donors (Lipinski definition) is 2. The Morgan fingerprint density at radius 2 is 2.00 bits per heavy atom. The summed E-state index contributed by atoms with van der Waals surface area (Å²) < 4.78 is 5.78. The van der Waals surface area contributed by atoms with Crippen LogP contribution < -0.4 is 15.8 Å². The number of amides is 1. The van der Waals surface area contributed by atoms with Crippen LogP contribution in [0.4, 0.5) is 0 Å². The molecule has 0 aliphatic carbocycles. The lowest BCUT2D eigenvalue weighted by molar-refractivity contribution is -0.126. The average Bonchev–Trinajstić information content (AvgIpc) is 2.43. The minimum absolute atomic E-state index is 0. The highest BCUT2D eigenvalue weighted by molar-refractivity contribution is 5.85. The summed E-state index contributed by atoms with van der Waals surface area (Å²) >= 11 is 0. The lowest BCUT2D eigenvalue weighted by Gasteiger charge is -2.23. The van der Waals surface area contributed by atoms with E-state index >= 15 is 0 Å². The predicted molar refractivity (Wildman–Crippen MR) is 93.4 cm³/mol. The van der Waals surface area contributed by atoms with Gasteiger partial charge in [0.05, 0.1) is 12.1 Å². The van der Waals surface area contributed by atoms with Crippen LogP contribution in [0.1, 0.15) is 46.1 Å². The number of rotatable bonds is 8. The third-order valence-electron chi connectivity index (χ3n) is 3.27. The van der Waals surface area contributed by atoms with Crippen molar-refractivity contribution in [3.63, 3.8) is 0 Å². The highest BCUT2D eigenvalue weighted by Crippen LogP contribution is 2.19. The number of para-hydroxylation sites is 1. The van der Waals surface area contributed by atoms with Crippen molar-refractivity contribution in [2.45, 2.75) is 52.6 Å². The molecule has 0 saturated heterocycles. The summed E-state index contributed by atoms with van der Waals surface area (Å²) in [5, 5.41) is 2.91. The van der Waals surface area contributed by atoms with E-state index in [1.807, 2.05) is 31.2 Å². The first kappa shape index (κ1) is 20.7. The van der Waals surface area contributed by atoms with Crippen molar-refractivity contribution in [3.05, 3.63) is 29.8 Å². The van der Waals surface area contributed by atoms with Crippen LogP contribution in [-0.2, 0) is 11.3 Å². The maximum atomic E-state index is 12.1. The maximum absolute atomic E-state index is 12.1. The van der Waals surface area contributed by atoms with Gasteiger partial charge >= 0.3 is 0 Å². The van der Waals surface area contributed by atoms with Crippen LogP contribution in [0, 0.1) is 5.92 Å². The highest BCUT2D eigenvalue weighted by atomic mass is 35.5. The Hall–Kier alpha value is -1.26. The van der Waals surface area contributed by atoms with Crippen LogP contribution in [0.2, 0.25) is 0 Å². The Morgan fingerprint density at radius 1 is 1.36 bits per heavy atom. The molecule has 0 aromatic heterocycles. The number of halogens is 1. The standard InChI is InChI=1S/C17H28N2O2.ClH/c1-5-10-17(4,18)16(20)19-11-14-8-6-7-9-15(14)21-12-13(2)3;/h6-9,13H,5,10-12,18H2,1-4H3,(H,19,20);1H. The van der Waals surface area contributed by atoms with Crippen LogP contribution in [0.5, 0.6) is 5.75 Å². The third kappa shape index (κ3) is 6.67. The van der Waals surface area contributed by atoms with Crippen molar-refractivity contribution >= 4 is 18.3 Å². The molecule has 0 aliphatic rings. The van der Waals surface area contributed by atoms with E-state index in [0.717, 1.165) is 17.7 Å². The minimum atomic E-state index is -0.817. The molecule has 0 spiro atoms. The van der Waals surface area contributed by atoms with Gasteiger partial charge in [0.15, 0.2) is 0 Å². The van der Waals surface area contributed by atoms with Gasteiger partial charge in [-0.25, -0.2) is 0 Å². The molecule has 126 valence electrons. The number of hydrogen-bond acceptors (Lipinski definition) is 3. The third-order valence-corrected chi connectivity index (χ3v) is 3.27. The second-order valence-electron chi connectivity index (χ2n) is 6.16. The lowest BCUT2D eigenvalue weighted by Crippen LogP contribution is -2.51.